The molecule has 2 aliphatic rings. The highest BCUT2D eigenvalue weighted by Crippen LogP contribution is 2.33. The summed E-state index contributed by atoms with van der Waals surface area (Å²) in [6, 6.07) is 8.24. The lowest BCUT2D eigenvalue weighted by atomic mass is 9.85. The molecule has 1 N–H and O–H groups in total. The Kier molecular flexibility index (Phi) is 7.59. The zero-order valence-corrected chi connectivity index (χ0v) is 18.8. The van der Waals surface area contributed by atoms with E-state index in [9.17, 15) is 9.18 Å². The van der Waals surface area contributed by atoms with E-state index in [0.717, 1.165) is 42.9 Å². The highest BCUT2D eigenvalue weighted by Gasteiger charge is 2.30. The number of carbonyl (C=O) groups excluding carboxylic acids is 1. The molecule has 0 aromatic heterocycles. The highest BCUT2D eigenvalue weighted by molar-refractivity contribution is 6.30. The SMILES string of the molecule is CC(C)(C)OC(=O)NCCCN1CC2=CCC(F)C=C2CC1Cc1ccc(Cl)cc1. The maximum Gasteiger partial charge on any atom is 0.407 e. The summed E-state index contributed by atoms with van der Waals surface area (Å²) in [4.78, 5) is 14.3. The quantitative estimate of drug-likeness (QED) is 0.604. The molecule has 30 heavy (non-hydrogen) atoms. The van der Waals surface area contributed by atoms with Crippen molar-refractivity contribution in [1.82, 2.24) is 10.2 Å². The predicted molar refractivity (Wildman–Crippen MR) is 120 cm³/mol. The van der Waals surface area contributed by atoms with E-state index in [-0.39, 0.29) is 6.09 Å². The third-order valence-corrected chi connectivity index (χ3v) is 5.66. The molecule has 1 amide bonds. The fourth-order valence-corrected chi connectivity index (χ4v) is 4.14. The molecule has 1 aliphatic heterocycles. The van der Waals surface area contributed by atoms with Gasteiger partial charge in [-0.2, -0.15) is 0 Å². The van der Waals surface area contributed by atoms with Crippen molar-refractivity contribution in [2.45, 2.75) is 64.3 Å². The summed E-state index contributed by atoms with van der Waals surface area (Å²) in [5, 5.41) is 3.56. The molecule has 0 spiro atoms. The number of alkyl halides is 1. The molecule has 4 nitrogen and oxygen atoms in total. The summed E-state index contributed by atoms with van der Waals surface area (Å²) in [6.45, 7) is 7.81. The lowest BCUT2D eigenvalue weighted by Crippen LogP contribution is -2.44. The van der Waals surface area contributed by atoms with Crippen molar-refractivity contribution in [2.75, 3.05) is 19.6 Å². The Morgan fingerprint density at radius 1 is 1.27 bits per heavy atom. The first-order chi connectivity index (χ1) is 14.2. The molecule has 1 fully saturated rings. The molecule has 6 heteroatoms. The first-order valence-corrected chi connectivity index (χ1v) is 11.1. The number of allylic oxidation sites excluding steroid dienone is 2. The Labute approximate surface area is 184 Å². The molecule has 2 atom stereocenters. The molecule has 0 radical (unpaired) electrons. The van der Waals surface area contributed by atoms with Crippen LogP contribution in [0.3, 0.4) is 0 Å². The Bertz CT molecular complexity index is 798. The lowest BCUT2D eigenvalue weighted by molar-refractivity contribution is 0.0524. The number of alkyl carbamates (subject to hydrolysis) is 1. The zero-order valence-electron chi connectivity index (χ0n) is 18.1. The van der Waals surface area contributed by atoms with Crippen molar-refractivity contribution < 1.29 is 13.9 Å². The largest absolute Gasteiger partial charge is 0.444 e. The van der Waals surface area contributed by atoms with Gasteiger partial charge < -0.3 is 10.1 Å². The van der Waals surface area contributed by atoms with E-state index in [2.05, 4.69) is 22.3 Å². The number of fused-ring (bicyclic) bond motifs is 1. The first kappa shape index (κ1) is 22.8. The van der Waals surface area contributed by atoms with Crippen LogP contribution in [-0.2, 0) is 11.2 Å². The summed E-state index contributed by atoms with van der Waals surface area (Å²) in [5.41, 5.74) is 3.12. The van der Waals surface area contributed by atoms with Crippen molar-refractivity contribution in [3.63, 3.8) is 0 Å². The highest BCUT2D eigenvalue weighted by atomic mass is 35.5. The van der Waals surface area contributed by atoms with Gasteiger partial charge in [-0.1, -0.05) is 29.8 Å². The molecule has 3 rings (SSSR count). The van der Waals surface area contributed by atoms with Gasteiger partial charge in [-0.05, 0) is 75.0 Å². The maximum atomic E-state index is 13.9. The van der Waals surface area contributed by atoms with Crippen molar-refractivity contribution in [3.05, 3.63) is 58.1 Å². The minimum Gasteiger partial charge on any atom is -0.444 e. The number of benzene rings is 1. The van der Waals surface area contributed by atoms with Gasteiger partial charge in [0.05, 0.1) is 0 Å². The summed E-state index contributed by atoms with van der Waals surface area (Å²) >= 11 is 6.03. The fraction of sp³-hybridized carbons (Fsp3) is 0.542. The van der Waals surface area contributed by atoms with Crippen LogP contribution < -0.4 is 5.32 Å². The average molecular weight is 435 g/mol. The second-order valence-electron chi connectivity index (χ2n) is 9.11. The Morgan fingerprint density at radius 3 is 2.70 bits per heavy atom. The van der Waals surface area contributed by atoms with Crippen LogP contribution in [0.2, 0.25) is 5.02 Å². The minimum atomic E-state index is -0.871. The lowest BCUT2D eigenvalue weighted by Gasteiger charge is -2.40. The molecular weight excluding hydrogens is 403 g/mol. The van der Waals surface area contributed by atoms with Gasteiger partial charge in [0.2, 0.25) is 0 Å². The number of hydrogen-bond acceptors (Lipinski definition) is 3. The zero-order chi connectivity index (χ0) is 21.7. The maximum absolute atomic E-state index is 13.9. The monoisotopic (exact) mass is 434 g/mol. The van der Waals surface area contributed by atoms with Gasteiger partial charge in [-0.15, -0.1) is 0 Å². The van der Waals surface area contributed by atoms with Gasteiger partial charge in [0.1, 0.15) is 11.8 Å². The number of halogens is 2. The summed E-state index contributed by atoms with van der Waals surface area (Å²) < 4.78 is 19.2. The van der Waals surface area contributed by atoms with Gasteiger partial charge in [0.25, 0.3) is 0 Å². The molecule has 0 bridgehead atoms. The number of amides is 1. The van der Waals surface area contributed by atoms with E-state index in [1.807, 2.05) is 39.0 Å². The van der Waals surface area contributed by atoms with Crippen LogP contribution >= 0.6 is 11.6 Å². The third-order valence-electron chi connectivity index (χ3n) is 5.40. The number of nitrogens with zero attached hydrogens (tertiary/aromatic N) is 1. The summed E-state index contributed by atoms with van der Waals surface area (Å²) in [6.07, 6.45) is 5.61. The van der Waals surface area contributed by atoms with Crippen molar-refractivity contribution >= 4 is 17.7 Å². The van der Waals surface area contributed by atoms with E-state index in [0.29, 0.717) is 19.0 Å². The molecule has 0 saturated carbocycles. The number of piperidine rings is 1. The van der Waals surface area contributed by atoms with E-state index in [1.165, 1.54) is 11.1 Å². The molecular formula is C24H32ClFN2O2. The second kappa shape index (κ2) is 9.97. The standard InChI is InChI=1S/C24H32ClFN2O2/c1-24(2,3)30-23(29)27-11-4-12-28-16-18-7-10-21(26)14-19(18)15-22(28)13-17-5-8-20(25)9-6-17/h5-9,14,21-22H,4,10-13,15-16H2,1-3H3,(H,27,29). The molecule has 164 valence electrons. The average Bonchev–Trinajstić information content (AvgIpc) is 2.66. The van der Waals surface area contributed by atoms with E-state index < -0.39 is 11.8 Å². The van der Waals surface area contributed by atoms with Gasteiger partial charge in [-0.25, -0.2) is 9.18 Å². The Morgan fingerprint density at radius 2 is 2.00 bits per heavy atom. The molecule has 1 heterocycles. The Hall–Kier alpha value is -1.85. The topological polar surface area (TPSA) is 41.6 Å². The van der Waals surface area contributed by atoms with Gasteiger partial charge >= 0.3 is 6.09 Å². The first-order valence-electron chi connectivity index (χ1n) is 10.7. The molecule has 1 aromatic rings. The van der Waals surface area contributed by atoms with Crippen LogP contribution in [-0.4, -0.2) is 48.4 Å². The molecule has 1 saturated heterocycles. The number of nitrogens with one attached hydrogen (secondary N) is 1. The minimum absolute atomic E-state index is 0.293. The van der Waals surface area contributed by atoms with Gasteiger partial charge in [0.15, 0.2) is 0 Å². The predicted octanol–water partition coefficient (Wildman–Crippen LogP) is 5.47. The fourth-order valence-electron chi connectivity index (χ4n) is 4.02. The molecule has 2 unspecified atom stereocenters. The third kappa shape index (κ3) is 6.85. The number of likely N-dealkylation sites (tertiary alicyclic amines) is 1. The number of hydrogen-bond donors (Lipinski definition) is 1. The van der Waals surface area contributed by atoms with E-state index >= 15 is 0 Å². The normalized spacial score (nSPS) is 22.0. The summed E-state index contributed by atoms with van der Waals surface area (Å²) in [5.74, 6) is 0. The van der Waals surface area contributed by atoms with Crippen molar-refractivity contribution in [3.8, 4) is 0 Å². The van der Waals surface area contributed by atoms with Gasteiger partial charge in [-0.3, -0.25) is 4.90 Å². The van der Waals surface area contributed by atoms with Crippen LogP contribution in [0.25, 0.3) is 0 Å². The number of carbonyl (C=O) groups is 1. The molecule has 1 aliphatic carbocycles. The summed E-state index contributed by atoms with van der Waals surface area (Å²) in [7, 11) is 0. The van der Waals surface area contributed by atoms with Crippen LogP contribution in [0.4, 0.5) is 9.18 Å². The number of rotatable bonds is 6. The van der Waals surface area contributed by atoms with Crippen LogP contribution in [0.15, 0.2) is 47.6 Å². The molecule has 1 aromatic carbocycles. The van der Waals surface area contributed by atoms with Crippen molar-refractivity contribution in [2.24, 2.45) is 0 Å². The second-order valence-corrected chi connectivity index (χ2v) is 9.55. The van der Waals surface area contributed by atoms with Crippen LogP contribution in [0.5, 0.6) is 0 Å². The van der Waals surface area contributed by atoms with Crippen LogP contribution in [0, 0.1) is 0 Å². The Balaban J connectivity index is 1.60. The smallest absolute Gasteiger partial charge is 0.407 e. The van der Waals surface area contributed by atoms with E-state index in [1.54, 1.807) is 6.08 Å². The van der Waals surface area contributed by atoms with Crippen LogP contribution in [0.1, 0.15) is 45.6 Å². The van der Waals surface area contributed by atoms with Crippen molar-refractivity contribution in [1.29, 1.82) is 0 Å². The number of ether oxygens (including phenoxy) is 1. The van der Waals surface area contributed by atoms with E-state index in [4.69, 9.17) is 16.3 Å². The van der Waals surface area contributed by atoms with Gasteiger partial charge in [0, 0.05) is 37.1 Å².